The number of H-pyrrole nitrogens is 1. The van der Waals surface area contributed by atoms with E-state index in [0.29, 0.717) is 21.3 Å². The standard InChI is InChI=1S/C15H11Cl2N3O/c1-8-4-11(17)13(6-10(8)16)20-15(21)9-2-3-12-14(5-9)19-7-18-12/h2-7H,1H3,(H,18,19)(H,20,21). The number of hydrogen-bond donors (Lipinski definition) is 2. The zero-order valence-electron chi connectivity index (χ0n) is 11.1. The van der Waals surface area contributed by atoms with Crippen LogP contribution >= 0.6 is 23.2 Å². The number of anilines is 1. The van der Waals surface area contributed by atoms with Gasteiger partial charge in [-0.3, -0.25) is 4.79 Å². The summed E-state index contributed by atoms with van der Waals surface area (Å²) in [6, 6.07) is 8.59. The Hall–Kier alpha value is -2.04. The van der Waals surface area contributed by atoms with Gasteiger partial charge in [0.25, 0.3) is 5.91 Å². The Morgan fingerprint density at radius 2 is 2.00 bits per heavy atom. The SMILES string of the molecule is Cc1cc(Cl)c(NC(=O)c2ccc3nc[nH]c3c2)cc1Cl. The van der Waals surface area contributed by atoms with Crippen molar-refractivity contribution in [1.29, 1.82) is 0 Å². The number of nitrogens with one attached hydrogen (secondary N) is 2. The first-order valence-corrected chi connectivity index (χ1v) is 7.00. The van der Waals surface area contributed by atoms with Gasteiger partial charge >= 0.3 is 0 Å². The molecule has 3 rings (SSSR count). The number of imidazole rings is 1. The van der Waals surface area contributed by atoms with Crippen molar-refractivity contribution in [3.05, 3.63) is 57.8 Å². The number of nitrogens with zero attached hydrogens (tertiary/aromatic N) is 1. The minimum Gasteiger partial charge on any atom is -0.345 e. The smallest absolute Gasteiger partial charge is 0.255 e. The summed E-state index contributed by atoms with van der Waals surface area (Å²) >= 11 is 12.2. The van der Waals surface area contributed by atoms with Crippen molar-refractivity contribution < 1.29 is 4.79 Å². The quantitative estimate of drug-likeness (QED) is 0.734. The van der Waals surface area contributed by atoms with Crippen LogP contribution in [0.15, 0.2) is 36.7 Å². The zero-order valence-corrected chi connectivity index (χ0v) is 12.6. The fraction of sp³-hybridized carbons (Fsp3) is 0.0667. The molecular weight excluding hydrogens is 309 g/mol. The van der Waals surface area contributed by atoms with Gasteiger partial charge < -0.3 is 10.3 Å². The lowest BCUT2D eigenvalue weighted by Crippen LogP contribution is -2.12. The molecule has 0 bridgehead atoms. The molecule has 0 aliphatic heterocycles. The molecule has 0 aliphatic carbocycles. The fourth-order valence-corrected chi connectivity index (χ4v) is 2.44. The van der Waals surface area contributed by atoms with Gasteiger partial charge in [-0.25, -0.2) is 4.98 Å². The van der Waals surface area contributed by atoms with Crippen molar-refractivity contribution >= 4 is 45.8 Å². The normalized spacial score (nSPS) is 10.8. The van der Waals surface area contributed by atoms with E-state index in [1.807, 2.05) is 6.92 Å². The predicted octanol–water partition coefficient (Wildman–Crippen LogP) is 4.43. The van der Waals surface area contributed by atoms with Crippen molar-refractivity contribution in [3.63, 3.8) is 0 Å². The number of rotatable bonds is 2. The Morgan fingerprint density at radius 3 is 2.81 bits per heavy atom. The van der Waals surface area contributed by atoms with Crippen LogP contribution in [-0.4, -0.2) is 15.9 Å². The number of aromatic nitrogens is 2. The van der Waals surface area contributed by atoms with Gasteiger partial charge in [0.2, 0.25) is 0 Å². The van der Waals surface area contributed by atoms with Gasteiger partial charge in [0.1, 0.15) is 0 Å². The van der Waals surface area contributed by atoms with Crippen LogP contribution in [0.5, 0.6) is 0 Å². The molecule has 1 amide bonds. The summed E-state index contributed by atoms with van der Waals surface area (Å²) < 4.78 is 0. The highest BCUT2D eigenvalue weighted by molar-refractivity contribution is 6.36. The van der Waals surface area contributed by atoms with Crippen LogP contribution in [0, 0.1) is 6.92 Å². The number of halogens is 2. The summed E-state index contributed by atoms with van der Waals surface area (Å²) in [5.74, 6) is -0.256. The molecule has 4 nitrogen and oxygen atoms in total. The molecule has 2 N–H and O–H groups in total. The second kappa shape index (κ2) is 5.39. The Bertz CT molecular complexity index is 842. The third kappa shape index (κ3) is 2.73. The Labute approximate surface area is 131 Å². The van der Waals surface area contributed by atoms with Gasteiger partial charge in [0.05, 0.1) is 28.1 Å². The first-order chi connectivity index (χ1) is 10.0. The molecule has 0 atom stereocenters. The van der Waals surface area contributed by atoms with Crippen molar-refractivity contribution in [2.75, 3.05) is 5.32 Å². The number of benzene rings is 2. The molecule has 0 radical (unpaired) electrons. The molecule has 0 saturated carbocycles. The van der Waals surface area contributed by atoms with E-state index >= 15 is 0 Å². The van der Waals surface area contributed by atoms with Crippen molar-refractivity contribution in [3.8, 4) is 0 Å². The molecule has 1 heterocycles. The third-order valence-electron chi connectivity index (χ3n) is 3.18. The average Bonchev–Trinajstić information content (AvgIpc) is 2.92. The van der Waals surface area contributed by atoms with Crippen LogP contribution in [0.2, 0.25) is 10.0 Å². The highest BCUT2D eigenvalue weighted by Crippen LogP contribution is 2.29. The summed E-state index contributed by atoms with van der Waals surface area (Å²) in [7, 11) is 0. The summed E-state index contributed by atoms with van der Waals surface area (Å²) in [4.78, 5) is 19.4. The molecule has 6 heteroatoms. The molecule has 2 aromatic carbocycles. The van der Waals surface area contributed by atoms with E-state index in [-0.39, 0.29) is 5.91 Å². The van der Waals surface area contributed by atoms with E-state index in [2.05, 4.69) is 15.3 Å². The number of carbonyl (C=O) groups is 1. The van der Waals surface area contributed by atoms with Gasteiger partial charge in [-0.15, -0.1) is 0 Å². The fourth-order valence-electron chi connectivity index (χ4n) is 2.01. The Morgan fingerprint density at radius 1 is 1.19 bits per heavy atom. The highest BCUT2D eigenvalue weighted by Gasteiger charge is 2.11. The van der Waals surface area contributed by atoms with E-state index in [0.717, 1.165) is 16.6 Å². The maximum atomic E-state index is 12.3. The molecule has 106 valence electrons. The van der Waals surface area contributed by atoms with E-state index in [1.54, 1.807) is 36.7 Å². The van der Waals surface area contributed by atoms with Gasteiger partial charge in [-0.1, -0.05) is 23.2 Å². The molecule has 1 aromatic heterocycles. The lowest BCUT2D eigenvalue weighted by atomic mass is 10.1. The number of hydrogen-bond acceptors (Lipinski definition) is 2. The largest absolute Gasteiger partial charge is 0.345 e. The van der Waals surface area contributed by atoms with Gasteiger partial charge in [0, 0.05) is 10.6 Å². The maximum Gasteiger partial charge on any atom is 0.255 e. The summed E-state index contributed by atoms with van der Waals surface area (Å²) in [6.07, 6.45) is 1.59. The topological polar surface area (TPSA) is 57.8 Å². The number of amides is 1. The van der Waals surface area contributed by atoms with Crippen LogP contribution < -0.4 is 5.32 Å². The minimum atomic E-state index is -0.256. The lowest BCUT2D eigenvalue weighted by Gasteiger charge is -2.09. The van der Waals surface area contributed by atoms with Crippen LogP contribution in [0.25, 0.3) is 11.0 Å². The molecular formula is C15H11Cl2N3O. The van der Waals surface area contributed by atoms with Gasteiger partial charge in [0.15, 0.2) is 0 Å². The molecule has 0 fully saturated rings. The molecule has 3 aromatic rings. The van der Waals surface area contributed by atoms with Crippen LogP contribution in [-0.2, 0) is 0 Å². The number of fused-ring (bicyclic) bond motifs is 1. The molecule has 0 aliphatic rings. The number of aryl methyl sites for hydroxylation is 1. The molecule has 21 heavy (non-hydrogen) atoms. The van der Waals surface area contributed by atoms with Gasteiger partial charge in [-0.2, -0.15) is 0 Å². The average molecular weight is 320 g/mol. The molecule has 0 saturated heterocycles. The summed E-state index contributed by atoms with van der Waals surface area (Å²) in [6.45, 7) is 1.85. The zero-order chi connectivity index (χ0) is 15.0. The predicted molar refractivity (Wildman–Crippen MR) is 85.2 cm³/mol. The van der Waals surface area contributed by atoms with Crippen LogP contribution in [0.1, 0.15) is 15.9 Å². The van der Waals surface area contributed by atoms with Gasteiger partial charge in [-0.05, 0) is 42.8 Å². The van der Waals surface area contributed by atoms with Crippen molar-refractivity contribution in [2.45, 2.75) is 6.92 Å². The first-order valence-electron chi connectivity index (χ1n) is 6.25. The Kier molecular flexibility index (Phi) is 3.57. The summed E-state index contributed by atoms with van der Waals surface area (Å²) in [5.41, 5.74) is 3.47. The first kappa shape index (κ1) is 13.9. The van der Waals surface area contributed by atoms with E-state index in [9.17, 15) is 4.79 Å². The Balaban J connectivity index is 1.90. The lowest BCUT2D eigenvalue weighted by molar-refractivity contribution is 0.102. The number of aromatic amines is 1. The second-order valence-corrected chi connectivity index (χ2v) is 5.48. The van der Waals surface area contributed by atoms with E-state index < -0.39 is 0 Å². The molecule has 0 spiro atoms. The van der Waals surface area contributed by atoms with Crippen LogP contribution in [0.3, 0.4) is 0 Å². The van der Waals surface area contributed by atoms with E-state index in [4.69, 9.17) is 23.2 Å². The highest BCUT2D eigenvalue weighted by atomic mass is 35.5. The molecule has 0 unspecified atom stereocenters. The van der Waals surface area contributed by atoms with Crippen LogP contribution in [0.4, 0.5) is 5.69 Å². The minimum absolute atomic E-state index is 0.256. The second-order valence-electron chi connectivity index (χ2n) is 4.67. The van der Waals surface area contributed by atoms with Crippen molar-refractivity contribution in [2.24, 2.45) is 0 Å². The van der Waals surface area contributed by atoms with E-state index in [1.165, 1.54) is 0 Å². The number of carbonyl (C=O) groups excluding carboxylic acids is 1. The maximum absolute atomic E-state index is 12.3. The van der Waals surface area contributed by atoms with Crippen molar-refractivity contribution in [1.82, 2.24) is 9.97 Å². The summed E-state index contributed by atoms with van der Waals surface area (Å²) in [5, 5.41) is 3.77. The monoisotopic (exact) mass is 319 g/mol. The third-order valence-corrected chi connectivity index (χ3v) is 3.90.